The Balaban J connectivity index is 1.84. The molecule has 25 heavy (non-hydrogen) atoms. The minimum absolute atomic E-state index is 0.568. The first-order chi connectivity index (χ1) is 12.4. The van der Waals surface area contributed by atoms with Crippen molar-refractivity contribution in [1.29, 1.82) is 0 Å². The summed E-state index contributed by atoms with van der Waals surface area (Å²) in [7, 11) is 0. The van der Waals surface area contributed by atoms with Crippen LogP contribution in [0, 0.1) is 12.1 Å². The van der Waals surface area contributed by atoms with Crippen LogP contribution in [0.4, 0.5) is 0 Å². The predicted octanol–water partition coefficient (Wildman–Crippen LogP) is 7.49. The summed E-state index contributed by atoms with van der Waals surface area (Å²) < 4.78 is 0. The van der Waals surface area contributed by atoms with Crippen LogP contribution in [-0.4, -0.2) is 0 Å². The van der Waals surface area contributed by atoms with E-state index >= 15 is 0 Å². The molecule has 2 aromatic rings. The van der Waals surface area contributed by atoms with Crippen molar-refractivity contribution in [2.75, 3.05) is 0 Å². The molecule has 0 N–H and O–H groups in total. The topological polar surface area (TPSA) is 0 Å². The van der Waals surface area contributed by atoms with Gasteiger partial charge in [0.25, 0.3) is 0 Å². The fourth-order valence-corrected chi connectivity index (χ4v) is 4.33. The summed E-state index contributed by atoms with van der Waals surface area (Å²) in [6.07, 6.45) is 13.1. The average Bonchev–Trinajstić information content (AvgIpc) is 2.97. The van der Waals surface area contributed by atoms with Crippen molar-refractivity contribution in [3.63, 3.8) is 0 Å². The van der Waals surface area contributed by atoms with E-state index in [1.807, 2.05) is 0 Å². The molecule has 2 aromatic carbocycles. The fraction of sp³-hybridized carbons (Fsp3) is 0.520. The standard InChI is InChI=1S/C25H32/c1-3-5-7-9-14-20-15-13-19-24-22-17-12-11-16-21(22)23(25(20)24)18-10-8-6-4-2/h12-13,16-17,19,23H,3-10,14,18H2,1-2H3. The molecule has 0 nitrogen and oxygen atoms in total. The van der Waals surface area contributed by atoms with Crippen LogP contribution in [0.1, 0.15) is 94.2 Å². The van der Waals surface area contributed by atoms with Gasteiger partial charge >= 0.3 is 0 Å². The van der Waals surface area contributed by atoms with Gasteiger partial charge in [-0.1, -0.05) is 83.1 Å². The van der Waals surface area contributed by atoms with Crippen LogP contribution in [0.2, 0.25) is 0 Å². The molecular formula is C25H32. The van der Waals surface area contributed by atoms with Crippen LogP contribution in [0.25, 0.3) is 11.1 Å². The van der Waals surface area contributed by atoms with Gasteiger partial charge in [-0.2, -0.15) is 0 Å². The molecule has 1 aliphatic rings. The lowest BCUT2D eigenvalue weighted by molar-refractivity contribution is 0.597. The van der Waals surface area contributed by atoms with E-state index in [0.717, 1.165) is 0 Å². The molecule has 1 atom stereocenters. The second kappa shape index (κ2) is 9.22. The summed E-state index contributed by atoms with van der Waals surface area (Å²) in [6, 6.07) is 17.9. The second-order valence-corrected chi connectivity index (χ2v) is 7.51. The average molecular weight is 333 g/mol. The Morgan fingerprint density at radius 2 is 1.60 bits per heavy atom. The molecule has 2 radical (unpaired) electrons. The first-order valence-electron chi connectivity index (χ1n) is 10.4. The monoisotopic (exact) mass is 332 g/mol. The maximum atomic E-state index is 3.60. The van der Waals surface area contributed by atoms with Gasteiger partial charge in [-0.3, -0.25) is 0 Å². The Morgan fingerprint density at radius 3 is 2.40 bits per heavy atom. The lowest BCUT2D eigenvalue weighted by Gasteiger charge is -2.17. The molecule has 0 aromatic heterocycles. The van der Waals surface area contributed by atoms with Gasteiger partial charge in [0.1, 0.15) is 0 Å². The Kier molecular flexibility index (Phi) is 6.73. The Hall–Kier alpha value is -1.56. The van der Waals surface area contributed by atoms with E-state index in [-0.39, 0.29) is 0 Å². The van der Waals surface area contributed by atoms with Gasteiger partial charge in [-0.25, -0.2) is 0 Å². The Bertz CT molecular complexity index is 667. The number of benzene rings is 2. The van der Waals surface area contributed by atoms with Gasteiger partial charge in [0.15, 0.2) is 0 Å². The normalized spacial score (nSPS) is 15.2. The molecule has 132 valence electrons. The van der Waals surface area contributed by atoms with Crippen LogP contribution in [-0.2, 0) is 6.42 Å². The minimum atomic E-state index is 0.568. The van der Waals surface area contributed by atoms with Crippen LogP contribution < -0.4 is 0 Å². The second-order valence-electron chi connectivity index (χ2n) is 7.51. The minimum Gasteiger partial charge on any atom is -0.0654 e. The summed E-state index contributed by atoms with van der Waals surface area (Å²) in [5, 5.41) is 0. The molecule has 1 aliphatic carbocycles. The highest BCUT2D eigenvalue weighted by atomic mass is 14.3. The maximum Gasteiger partial charge on any atom is 0.0105 e. The summed E-state index contributed by atoms with van der Waals surface area (Å²) in [5.41, 5.74) is 7.48. The first-order valence-corrected chi connectivity index (χ1v) is 10.4. The predicted molar refractivity (Wildman–Crippen MR) is 108 cm³/mol. The molecule has 0 fully saturated rings. The lowest BCUT2D eigenvalue weighted by Crippen LogP contribution is -2.02. The van der Waals surface area contributed by atoms with Crippen molar-refractivity contribution in [1.82, 2.24) is 0 Å². The van der Waals surface area contributed by atoms with E-state index in [4.69, 9.17) is 0 Å². The molecule has 0 bridgehead atoms. The SMILES string of the molecule is CCCCCCc1[c]ccc2c1C(CCCCCC)c1c[c]ccc1-2. The van der Waals surface area contributed by atoms with Crippen molar-refractivity contribution in [2.24, 2.45) is 0 Å². The molecular weight excluding hydrogens is 300 g/mol. The van der Waals surface area contributed by atoms with Crippen LogP contribution in [0.15, 0.2) is 30.3 Å². The molecule has 0 aliphatic heterocycles. The maximum absolute atomic E-state index is 3.60. The van der Waals surface area contributed by atoms with Crippen LogP contribution >= 0.6 is 0 Å². The molecule has 0 saturated carbocycles. The van der Waals surface area contributed by atoms with E-state index < -0.39 is 0 Å². The first kappa shape index (κ1) is 18.2. The Morgan fingerprint density at radius 1 is 0.840 bits per heavy atom. The highest BCUT2D eigenvalue weighted by Crippen LogP contribution is 2.48. The quantitative estimate of drug-likeness (QED) is 0.395. The number of hydrogen-bond acceptors (Lipinski definition) is 0. The van der Waals surface area contributed by atoms with Crippen molar-refractivity contribution < 1.29 is 0 Å². The van der Waals surface area contributed by atoms with Crippen molar-refractivity contribution in [3.8, 4) is 11.1 Å². The van der Waals surface area contributed by atoms with Gasteiger partial charge in [-0.15, -0.1) is 0 Å². The zero-order valence-corrected chi connectivity index (χ0v) is 16.0. The third-order valence-electron chi connectivity index (χ3n) is 5.66. The van der Waals surface area contributed by atoms with Gasteiger partial charge in [0.05, 0.1) is 0 Å². The number of aryl methyl sites for hydroxylation is 1. The number of rotatable bonds is 10. The fourth-order valence-electron chi connectivity index (χ4n) is 4.33. The van der Waals surface area contributed by atoms with Crippen molar-refractivity contribution >= 4 is 0 Å². The lowest BCUT2D eigenvalue weighted by atomic mass is 9.87. The zero-order valence-electron chi connectivity index (χ0n) is 16.0. The molecule has 0 spiro atoms. The summed E-state index contributed by atoms with van der Waals surface area (Å²) in [4.78, 5) is 0. The van der Waals surface area contributed by atoms with Crippen molar-refractivity contribution in [2.45, 2.75) is 84.0 Å². The molecule has 0 amide bonds. The number of hydrogen-bond donors (Lipinski definition) is 0. The van der Waals surface area contributed by atoms with E-state index in [1.54, 1.807) is 5.56 Å². The van der Waals surface area contributed by atoms with Gasteiger partial charge in [0, 0.05) is 5.92 Å². The number of unbranched alkanes of at least 4 members (excludes halogenated alkanes) is 6. The molecule has 0 saturated heterocycles. The largest absolute Gasteiger partial charge is 0.0654 e. The van der Waals surface area contributed by atoms with E-state index in [1.165, 1.54) is 86.5 Å². The number of fused-ring (bicyclic) bond motifs is 3. The Labute approximate surface area is 154 Å². The highest BCUT2D eigenvalue weighted by Gasteiger charge is 2.29. The summed E-state index contributed by atoms with van der Waals surface area (Å²) in [5.74, 6) is 0.568. The third kappa shape index (κ3) is 4.17. The smallest absolute Gasteiger partial charge is 0.0105 e. The van der Waals surface area contributed by atoms with Crippen LogP contribution in [0.5, 0.6) is 0 Å². The van der Waals surface area contributed by atoms with Gasteiger partial charge in [-0.05, 0) is 65.3 Å². The third-order valence-corrected chi connectivity index (χ3v) is 5.66. The van der Waals surface area contributed by atoms with E-state index in [2.05, 4.69) is 56.3 Å². The summed E-state index contributed by atoms with van der Waals surface area (Å²) >= 11 is 0. The van der Waals surface area contributed by atoms with Crippen LogP contribution in [0.3, 0.4) is 0 Å². The van der Waals surface area contributed by atoms with Crippen molar-refractivity contribution in [3.05, 3.63) is 59.2 Å². The van der Waals surface area contributed by atoms with E-state index in [0.29, 0.717) is 5.92 Å². The summed E-state index contributed by atoms with van der Waals surface area (Å²) in [6.45, 7) is 4.57. The van der Waals surface area contributed by atoms with Gasteiger partial charge < -0.3 is 0 Å². The highest BCUT2D eigenvalue weighted by molar-refractivity contribution is 5.79. The molecule has 0 heteroatoms. The molecule has 1 unspecified atom stereocenters. The molecule has 0 heterocycles. The zero-order chi connectivity index (χ0) is 17.5. The van der Waals surface area contributed by atoms with Gasteiger partial charge in [0.2, 0.25) is 0 Å². The molecule has 3 rings (SSSR count). The van der Waals surface area contributed by atoms with E-state index in [9.17, 15) is 0 Å².